The molecule has 2 heterocycles. The topological polar surface area (TPSA) is 129 Å². The Bertz CT molecular complexity index is 1890. The average molecular weight is 597 g/mol. The zero-order valence-corrected chi connectivity index (χ0v) is 23.4. The predicted molar refractivity (Wildman–Crippen MR) is 143 cm³/mol. The van der Waals surface area contributed by atoms with Gasteiger partial charge < -0.3 is 4.74 Å². The van der Waals surface area contributed by atoms with Gasteiger partial charge in [0.15, 0.2) is 5.60 Å². The van der Waals surface area contributed by atoms with Gasteiger partial charge in [0.1, 0.15) is 11.4 Å². The van der Waals surface area contributed by atoms with Gasteiger partial charge in [-0.3, -0.25) is 14.2 Å². The minimum atomic E-state index is -4.88. The summed E-state index contributed by atoms with van der Waals surface area (Å²) in [5, 5.41) is 0.519. The van der Waals surface area contributed by atoms with Gasteiger partial charge in [-0.05, 0) is 68.2 Å². The van der Waals surface area contributed by atoms with Crippen LogP contribution in [0, 0.1) is 6.92 Å². The number of aryl methyl sites for hydroxylation is 1. The molecule has 10 nitrogen and oxygen atoms in total. The highest BCUT2D eigenvalue weighted by atomic mass is 32.2. The summed E-state index contributed by atoms with van der Waals surface area (Å²) < 4.78 is 76.6. The number of rotatable bonds is 6. The van der Waals surface area contributed by atoms with Gasteiger partial charge in [-0.15, -0.1) is 0 Å². The smallest absolute Gasteiger partial charge is 0.431 e. The largest absolute Gasteiger partial charge is 0.478 e. The standard InChI is InChI=1S/C25H23F3N4O6S2/c1-13-6-8-15(38-24(2,3)22(34)30-40(5,36)37)11-16(13)21-17-10-14(7-9-18(17)39-29-21)32-20(33)12-19(25(26,27)28)31(4)23(32)35/h6-12H,1-5H3,(H,30,34). The lowest BCUT2D eigenvalue weighted by Crippen LogP contribution is -2.48. The van der Waals surface area contributed by atoms with Gasteiger partial charge in [-0.2, -0.15) is 17.5 Å². The SMILES string of the molecule is Cc1ccc(OC(C)(C)C(=O)NS(C)(=O)=O)cc1-c1nsc2ccc(-n3c(=O)cc(C(F)(F)F)n(C)c3=O)cc12. The van der Waals surface area contributed by atoms with Gasteiger partial charge in [0, 0.05) is 24.1 Å². The Morgan fingerprint density at radius 1 is 1.07 bits per heavy atom. The molecule has 0 aliphatic heterocycles. The number of aromatic nitrogens is 3. The van der Waals surface area contributed by atoms with E-state index >= 15 is 0 Å². The summed E-state index contributed by atoms with van der Waals surface area (Å²) in [6.07, 6.45) is -4.04. The van der Waals surface area contributed by atoms with E-state index in [-0.39, 0.29) is 11.4 Å². The van der Waals surface area contributed by atoms with Crippen LogP contribution in [0.1, 0.15) is 25.1 Å². The van der Waals surface area contributed by atoms with Crippen LogP contribution in [0.3, 0.4) is 0 Å². The first-order valence-electron chi connectivity index (χ1n) is 11.5. The first-order chi connectivity index (χ1) is 18.4. The number of halogens is 3. The molecule has 15 heteroatoms. The van der Waals surface area contributed by atoms with E-state index in [9.17, 15) is 36.0 Å². The average Bonchev–Trinajstić information content (AvgIpc) is 3.24. The minimum absolute atomic E-state index is 0.0527. The zero-order chi connectivity index (χ0) is 29.8. The van der Waals surface area contributed by atoms with Crippen molar-refractivity contribution < 1.29 is 31.1 Å². The lowest BCUT2D eigenvalue weighted by atomic mass is 10.0. The molecule has 0 bridgehead atoms. The second-order valence-electron chi connectivity index (χ2n) is 9.55. The molecule has 0 aliphatic rings. The van der Waals surface area contributed by atoms with E-state index in [2.05, 4.69) is 4.37 Å². The van der Waals surface area contributed by atoms with Crippen LogP contribution in [-0.2, 0) is 28.0 Å². The first-order valence-corrected chi connectivity index (χ1v) is 14.2. The maximum atomic E-state index is 13.3. The van der Waals surface area contributed by atoms with Gasteiger partial charge in [0.25, 0.3) is 11.5 Å². The number of carbonyl (C=O) groups is 1. The molecule has 0 saturated heterocycles. The van der Waals surface area contributed by atoms with Crippen molar-refractivity contribution >= 4 is 37.5 Å². The fourth-order valence-corrected chi connectivity index (χ4v) is 5.30. The van der Waals surface area contributed by atoms with E-state index in [4.69, 9.17) is 4.74 Å². The van der Waals surface area contributed by atoms with Crippen molar-refractivity contribution in [3.63, 3.8) is 0 Å². The minimum Gasteiger partial charge on any atom is -0.478 e. The predicted octanol–water partition coefficient (Wildman–Crippen LogP) is 3.37. The number of ether oxygens (including phenoxy) is 1. The number of nitrogens with one attached hydrogen (secondary N) is 1. The van der Waals surface area contributed by atoms with Crippen molar-refractivity contribution in [1.29, 1.82) is 0 Å². The Hall–Kier alpha value is -3.98. The number of benzene rings is 2. The Labute approximate surface area is 229 Å². The summed E-state index contributed by atoms with van der Waals surface area (Å²) in [6, 6.07) is 9.81. The van der Waals surface area contributed by atoms with Crippen molar-refractivity contribution in [2.45, 2.75) is 32.5 Å². The Morgan fingerprint density at radius 2 is 1.75 bits per heavy atom. The maximum Gasteiger partial charge on any atom is 0.431 e. The van der Waals surface area contributed by atoms with Crippen molar-refractivity contribution in [3.8, 4) is 22.7 Å². The Balaban J connectivity index is 1.80. The summed E-state index contributed by atoms with van der Waals surface area (Å²) in [5.74, 6) is -0.635. The fourth-order valence-electron chi connectivity index (χ4n) is 3.95. The maximum absolute atomic E-state index is 13.3. The molecular formula is C25H23F3N4O6S2. The summed E-state index contributed by atoms with van der Waals surface area (Å²) in [7, 11) is -2.88. The normalized spacial score (nSPS) is 12.5. The highest BCUT2D eigenvalue weighted by molar-refractivity contribution is 7.89. The molecule has 0 radical (unpaired) electrons. The van der Waals surface area contributed by atoms with E-state index in [1.807, 2.05) is 4.72 Å². The highest BCUT2D eigenvalue weighted by Gasteiger charge is 2.35. The number of carbonyl (C=O) groups excluding carboxylic acids is 1. The molecule has 0 unspecified atom stereocenters. The van der Waals surface area contributed by atoms with E-state index in [0.29, 0.717) is 36.5 Å². The molecule has 4 rings (SSSR count). The molecule has 0 aliphatic carbocycles. The fraction of sp³-hybridized carbons (Fsp3) is 0.280. The van der Waals surface area contributed by atoms with Crippen LogP contribution in [0.15, 0.2) is 52.1 Å². The van der Waals surface area contributed by atoms with Crippen molar-refractivity contribution in [3.05, 3.63) is 74.6 Å². The number of sulfonamides is 1. The summed E-state index contributed by atoms with van der Waals surface area (Å²) in [6.45, 7) is 4.60. The van der Waals surface area contributed by atoms with Gasteiger partial charge >= 0.3 is 11.9 Å². The molecule has 0 spiro atoms. The lowest BCUT2D eigenvalue weighted by Gasteiger charge is -2.25. The second-order valence-corrected chi connectivity index (χ2v) is 12.1. The monoisotopic (exact) mass is 596 g/mol. The number of nitrogens with zero attached hydrogens (tertiary/aromatic N) is 3. The second kappa shape index (κ2) is 9.89. The van der Waals surface area contributed by atoms with E-state index in [1.165, 1.54) is 26.0 Å². The number of hydrogen-bond donors (Lipinski definition) is 1. The molecule has 0 fully saturated rings. The Kier molecular flexibility index (Phi) is 7.17. The highest BCUT2D eigenvalue weighted by Crippen LogP contribution is 2.36. The number of fused-ring (bicyclic) bond motifs is 1. The molecule has 40 heavy (non-hydrogen) atoms. The first kappa shape index (κ1) is 29.0. The van der Waals surface area contributed by atoms with Crippen LogP contribution in [0.4, 0.5) is 13.2 Å². The van der Waals surface area contributed by atoms with Crippen molar-refractivity contribution in [2.24, 2.45) is 7.05 Å². The molecule has 0 saturated carbocycles. The summed E-state index contributed by atoms with van der Waals surface area (Å²) >= 11 is 1.13. The summed E-state index contributed by atoms with van der Waals surface area (Å²) in [4.78, 5) is 37.8. The number of alkyl halides is 3. The molecule has 1 N–H and O–H groups in total. The zero-order valence-electron chi connectivity index (χ0n) is 21.8. The molecule has 2 aromatic carbocycles. The van der Waals surface area contributed by atoms with Crippen LogP contribution >= 0.6 is 11.5 Å². The summed E-state index contributed by atoms with van der Waals surface area (Å²) in [5.41, 5.74) is -3.39. The van der Waals surface area contributed by atoms with E-state index < -0.39 is 44.7 Å². The van der Waals surface area contributed by atoms with Crippen molar-refractivity contribution in [2.75, 3.05) is 6.26 Å². The van der Waals surface area contributed by atoms with Crippen LogP contribution in [-0.4, -0.2) is 39.7 Å². The van der Waals surface area contributed by atoms with Crippen molar-refractivity contribution in [1.82, 2.24) is 18.2 Å². The number of hydrogen-bond acceptors (Lipinski definition) is 8. The lowest BCUT2D eigenvalue weighted by molar-refractivity contribution is -0.144. The molecule has 0 atom stereocenters. The third-order valence-electron chi connectivity index (χ3n) is 5.98. The number of amides is 1. The molecule has 212 valence electrons. The third kappa shape index (κ3) is 5.65. The van der Waals surface area contributed by atoms with Gasteiger partial charge in [-0.1, -0.05) is 6.07 Å². The van der Waals surface area contributed by atoms with Crippen LogP contribution in [0.25, 0.3) is 27.0 Å². The third-order valence-corrected chi connectivity index (χ3v) is 7.37. The molecule has 1 amide bonds. The van der Waals surface area contributed by atoms with Gasteiger partial charge in [0.2, 0.25) is 10.0 Å². The van der Waals surface area contributed by atoms with E-state index in [0.717, 1.165) is 30.4 Å². The molecular weight excluding hydrogens is 573 g/mol. The van der Waals surface area contributed by atoms with Gasteiger partial charge in [-0.25, -0.2) is 22.5 Å². The van der Waals surface area contributed by atoms with Crippen LogP contribution in [0.2, 0.25) is 0 Å². The quantitative estimate of drug-likeness (QED) is 0.361. The van der Waals surface area contributed by atoms with Gasteiger partial charge in [0.05, 0.1) is 22.3 Å². The van der Waals surface area contributed by atoms with Crippen LogP contribution in [0.5, 0.6) is 5.75 Å². The molecule has 4 aromatic rings. The molecule has 2 aromatic heterocycles. The van der Waals surface area contributed by atoms with Crippen LogP contribution < -0.4 is 20.7 Å². The van der Waals surface area contributed by atoms with E-state index in [1.54, 1.807) is 31.2 Å². The Morgan fingerprint density at radius 3 is 2.38 bits per heavy atom.